The Morgan fingerprint density at radius 2 is 1.50 bits per heavy atom. The number of aromatic carboxylic acids is 1. The van der Waals surface area contributed by atoms with Gasteiger partial charge in [-0.1, -0.05) is 66.7 Å². The number of carboxylic acids is 1. The predicted molar refractivity (Wildman–Crippen MR) is 125 cm³/mol. The third-order valence-electron chi connectivity index (χ3n) is 4.34. The maximum absolute atomic E-state index is 12.9. The van der Waals surface area contributed by atoms with Gasteiger partial charge in [-0.25, -0.2) is 0 Å². The zero-order valence-electron chi connectivity index (χ0n) is 16.7. The summed E-state index contributed by atoms with van der Waals surface area (Å²) in [5, 5.41) is 16.2. The van der Waals surface area contributed by atoms with E-state index < -0.39 is 17.8 Å². The average molecular weight is 490 g/mol. The van der Waals surface area contributed by atoms with Crippen LogP contribution in [0.3, 0.4) is 0 Å². The van der Waals surface area contributed by atoms with E-state index in [1.807, 2.05) is 30.3 Å². The third-order valence-corrected chi connectivity index (χ3v) is 5.03. The smallest absolute Gasteiger partial charge is 0.272 e. The summed E-state index contributed by atoms with van der Waals surface area (Å²) in [6.07, 6.45) is 4.95. The Balaban J connectivity index is 1.83. The fourth-order valence-electron chi connectivity index (χ4n) is 2.72. The van der Waals surface area contributed by atoms with Crippen molar-refractivity contribution in [3.8, 4) is 0 Å². The fraction of sp³-hybridized carbons (Fsp3) is 0. The Morgan fingerprint density at radius 3 is 2.16 bits per heavy atom. The molecule has 3 rings (SSSR count). The van der Waals surface area contributed by atoms with Crippen LogP contribution in [0.1, 0.15) is 26.3 Å². The van der Waals surface area contributed by atoms with Crippen molar-refractivity contribution in [2.75, 3.05) is 5.32 Å². The molecular formula is C25H18BrN2O4-. The standard InChI is InChI=1S/C25H19BrN2O4/c26-21-11-5-4-10-20(21)23(29)28-22(12-6-9-17-7-2-1-3-8-17)24(30)27-19-15-13-18(14-16-19)25(31)32/h1-16H,(H,27,30)(H,28,29)(H,31,32)/p-1/b9-6+,22-12+. The summed E-state index contributed by atoms with van der Waals surface area (Å²) in [4.78, 5) is 36.5. The van der Waals surface area contributed by atoms with Gasteiger partial charge in [0, 0.05) is 10.2 Å². The van der Waals surface area contributed by atoms with E-state index in [4.69, 9.17) is 0 Å². The van der Waals surface area contributed by atoms with E-state index in [1.54, 1.807) is 36.4 Å². The molecule has 0 saturated heterocycles. The first-order chi connectivity index (χ1) is 15.4. The molecule has 3 aromatic rings. The lowest BCUT2D eigenvalue weighted by molar-refractivity contribution is -0.255. The van der Waals surface area contributed by atoms with Crippen molar-refractivity contribution in [1.82, 2.24) is 5.32 Å². The number of allylic oxidation sites excluding steroid dienone is 2. The van der Waals surface area contributed by atoms with Crippen LogP contribution in [0.4, 0.5) is 5.69 Å². The van der Waals surface area contributed by atoms with Gasteiger partial charge in [-0.2, -0.15) is 0 Å². The van der Waals surface area contributed by atoms with Crippen LogP contribution in [0.25, 0.3) is 6.08 Å². The van der Waals surface area contributed by atoms with Crippen molar-refractivity contribution in [1.29, 1.82) is 0 Å². The first-order valence-corrected chi connectivity index (χ1v) is 10.4. The molecule has 2 N–H and O–H groups in total. The highest BCUT2D eigenvalue weighted by Gasteiger charge is 2.16. The van der Waals surface area contributed by atoms with Crippen LogP contribution < -0.4 is 15.7 Å². The minimum atomic E-state index is -1.31. The van der Waals surface area contributed by atoms with Gasteiger partial charge in [0.15, 0.2) is 0 Å². The Morgan fingerprint density at radius 1 is 0.844 bits per heavy atom. The largest absolute Gasteiger partial charge is 0.545 e. The third kappa shape index (κ3) is 6.26. The maximum Gasteiger partial charge on any atom is 0.272 e. The lowest BCUT2D eigenvalue weighted by Crippen LogP contribution is -2.31. The summed E-state index contributed by atoms with van der Waals surface area (Å²) in [6, 6.07) is 21.9. The number of carbonyl (C=O) groups is 3. The van der Waals surface area contributed by atoms with Gasteiger partial charge in [0.05, 0.1) is 11.5 Å². The zero-order chi connectivity index (χ0) is 22.9. The molecule has 0 heterocycles. The molecule has 6 nitrogen and oxygen atoms in total. The molecule has 2 amide bonds. The van der Waals surface area contributed by atoms with Crippen LogP contribution in [0.2, 0.25) is 0 Å². The van der Waals surface area contributed by atoms with Gasteiger partial charge in [0.1, 0.15) is 5.70 Å². The second-order valence-corrected chi connectivity index (χ2v) is 7.46. The van der Waals surface area contributed by atoms with E-state index in [1.165, 1.54) is 30.3 Å². The monoisotopic (exact) mass is 489 g/mol. The SMILES string of the molecule is O=C(Nc1ccc(C(=O)[O-])cc1)/C(=C\C=C\c1ccccc1)NC(=O)c1ccccc1Br. The molecule has 0 spiro atoms. The highest BCUT2D eigenvalue weighted by atomic mass is 79.9. The lowest BCUT2D eigenvalue weighted by atomic mass is 10.2. The normalized spacial score (nSPS) is 11.2. The van der Waals surface area contributed by atoms with E-state index in [2.05, 4.69) is 26.6 Å². The zero-order valence-corrected chi connectivity index (χ0v) is 18.3. The molecule has 0 unspecified atom stereocenters. The topological polar surface area (TPSA) is 98.3 Å². The Labute approximate surface area is 193 Å². The number of carboxylic acid groups (broad SMARTS) is 1. The molecule has 0 bridgehead atoms. The first-order valence-electron chi connectivity index (χ1n) is 9.56. The average Bonchev–Trinajstić information content (AvgIpc) is 2.79. The van der Waals surface area contributed by atoms with Gasteiger partial charge < -0.3 is 20.5 Å². The molecule has 160 valence electrons. The maximum atomic E-state index is 12.9. The minimum absolute atomic E-state index is 0.00760. The van der Waals surface area contributed by atoms with Gasteiger partial charge in [0.25, 0.3) is 11.8 Å². The molecule has 0 radical (unpaired) electrons. The predicted octanol–water partition coefficient (Wildman–Crippen LogP) is 3.78. The van der Waals surface area contributed by atoms with Gasteiger partial charge >= 0.3 is 0 Å². The molecule has 32 heavy (non-hydrogen) atoms. The quantitative estimate of drug-likeness (QED) is 0.389. The molecule has 0 saturated carbocycles. The molecule has 0 aliphatic carbocycles. The first kappa shape index (κ1) is 22.7. The molecule has 0 atom stereocenters. The molecule has 0 aliphatic rings. The van der Waals surface area contributed by atoms with E-state index in [0.29, 0.717) is 15.7 Å². The molecular weight excluding hydrogens is 472 g/mol. The summed E-state index contributed by atoms with van der Waals surface area (Å²) in [5.41, 5.74) is 1.68. The number of rotatable bonds is 7. The van der Waals surface area contributed by atoms with Gasteiger partial charge in [-0.15, -0.1) is 0 Å². The summed E-state index contributed by atoms with van der Waals surface area (Å²) in [6.45, 7) is 0. The van der Waals surface area contributed by atoms with Crippen molar-refractivity contribution in [3.05, 3.63) is 118 Å². The summed E-state index contributed by atoms with van der Waals surface area (Å²) in [5.74, 6) is -2.33. The minimum Gasteiger partial charge on any atom is -0.545 e. The summed E-state index contributed by atoms with van der Waals surface area (Å²) in [7, 11) is 0. The molecule has 0 aliphatic heterocycles. The van der Waals surface area contributed by atoms with Crippen molar-refractivity contribution in [2.24, 2.45) is 0 Å². The summed E-state index contributed by atoms with van der Waals surface area (Å²) < 4.78 is 0.593. The van der Waals surface area contributed by atoms with Crippen LogP contribution >= 0.6 is 15.9 Å². The van der Waals surface area contributed by atoms with Crippen LogP contribution in [-0.4, -0.2) is 17.8 Å². The van der Waals surface area contributed by atoms with E-state index in [-0.39, 0.29) is 11.3 Å². The lowest BCUT2D eigenvalue weighted by Gasteiger charge is -2.12. The van der Waals surface area contributed by atoms with Crippen molar-refractivity contribution < 1.29 is 19.5 Å². The van der Waals surface area contributed by atoms with Crippen LogP contribution in [-0.2, 0) is 4.79 Å². The number of halogens is 1. The second-order valence-electron chi connectivity index (χ2n) is 6.60. The van der Waals surface area contributed by atoms with Crippen LogP contribution in [0.5, 0.6) is 0 Å². The molecule has 0 aromatic heterocycles. The van der Waals surface area contributed by atoms with Gasteiger partial charge in [0.2, 0.25) is 0 Å². The summed E-state index contributed by atoms with van der Waals surface area (Å²) >= 11 is 3.33. The van der Waals surface area contributed by atoms with Crippen LogP contribution in [0.15, 0.2) is 101 Å². The van der Waals surface area contributed by atoms with Crippen molar-refractivity contribution in [2.45, 2.75) is 0 Å². The van der Waals surface area contributed by atoms with Crippen molar-refractivity contribution in [3.63, 3.8) is 0 Å². The van der Waals surface area contributed by atoms with Crippen molar-refractivity contribution >= 4 is 45.5 Å². The Bertz CT molecular complexity index is 1190. The van der Waals surface area contributed by atoms with Gasteiger partial charge in [-0.3, -0.25) is 9.59 Å². The highest BCUT2D eigenvalue weighted by Crippen LogP contribution is 2.16. The number of hydrogen-bond donors (Lipinski definition) is 2. The fourth-order valence-corrected chi connectivity index (χ4v) is 3.18. The number of carbonyl (C=O) groups excluding carboxylic acids is 3. The number of hydrogen-bond acceptors (Lipinski definition) is 4. The number of benzene rings is 3. The van der Waals surface area contributed by atoms with Crippen LogP contribution in [0, 0.1) is 0 Å². The van der Waals surface area contributed by atoms with Gasteiger partial charge in [-0.05, 0) is 57.4 Å². The Kier molecular flexibility index (Phi) is 7.72. The van der Waals surface area contributed by atoms with E-state index in [9.17, 15) is 19.5 Å². The molecule has 0 fully saturated rings. The van der Waals surface area contributed by atoms with E-state index in [0.717, 1.165) is 5.56 Å². The Hall–Kier alpha value is -3.97. The molecule has 7 heteroatoms. The number of amides is 2. The second kappa shape index (κ2) is 10.9. The number of nitrogens with one attached hydrogen (secondary N) is 2. The number of anilines is 1. The van der Waals surface area contributed by atoms with E-state index >= 15 is 0 Å². The highest BCUT2D eigenvalue weighted by molar-refractivity contribution is 9.10. The molecule has 3 aromatic carbocycles.